The molecule has 0 aromatic heterocycles. The van der Waals surface area contributed by atoms with Crippen LogP contribution in [0.4, 0.5) is 5.69 Å². The molecule has 27 heavy (non-hydrogen) atoms. The van der Waals surface area contributed by atoms with Crippen molar-refractivity contribution >= 4 is 17.5 Å². The molecular formula is C21H24N2O4. The van der Waals surface area contributed by atoms with Gasteiger partial charge in [0.1, 0.15) is 11.5 Å². The van der Waals surface area contributed by atoms with Gasteiger partial charge in [-0.3, -0.25) is 9.59 Å². The molecule has 6 heteroatoms. The molecular weight excluding hydrogens is 344 g/mol. The minimum Gasteiger partial charge on any atom is -0.494 e. The van der Waals surface area contributed by atoms with Gasteiger partial charge in [0.05, 0.1) is 6.61 Å². The fourth-order valence-electron chi connectivity index (χ4n) is 2.91. The van der Waals surface area contributed by atoms with Crippen molar-refractivity contribution in [3.05, 3.63) is 54.1 Å². The number of anilines is 1. The van der Waals surface area contributed by atoms with E-state index in [9.17, 15) is 9.59 Å². The van der Waals surface area contributed by atoms with Crippen molar-refractivity contribution in [1.29, 1.82) is 0 Å². The van der Waals surface area contributed by atoms with Crippen LogP contribution in [0.2, 0.25) is 0 Å². The Hall–Kier alpha value is -3.02. The van der Waals surface area contributed by atoms with Crippen LogP contribution in [0, 0.1) is 0 Å². The maximum absolute atomic E-state index is 12.0. The number of nitrogens with zero attached hydrogens (tertiary/aromatic N) is 1. The number of nitrogens with one attached hydrogen (secondary N) is 1. The van der Waals surface area contributed by atoms with Gasteiger partial charge in [-0.15, -0.1) is 0 Å². The zero-order chi connectivity index (χ0) is 19.1. The van der Waals surface area contributed by atoms with Crippen molar-refractivity contribution in [2.75, 3.05) is 24.7 Å². The predicted octanol–water partition coefficient (Wildman–Crippen LogP) is 2.91. The van der Waals surface area contributed by atoms with Gasteiger partial charge in [-0.2, -0.15) is 0 Å². The predicted molar refractivity (Wildman–Crippen MR) is 103 cm³/mol. The van der Waals surface area contributed by atoms with E-state index < -0.39 is 0 Å². The highest BCUT2D eigenvalue weighted by atomic mass is 16.5. The lowest BCUT2D eigenvalue weighted by Crippen LogP contribution is -2.28. The molecule has 1 heterocycles. The minimum atomic E-state index is -0.192. The van der Waals surface area contributed by atoms with Crippen LogP contribution in [0.5, 0.6) is 11.5 Å². The number of hydrogen-bond acceptors (Lipinski definition) is 4. The van der Waals surface area contributed by atoms with E-state index in [4.69, 9.17) is 9.47 Å². The molecule has 0 atom stereocenters. The highest BCUT2D eigenvalue weighted by molar-refractivity contribution is 5.95. The number of hydrogen-bond donors (Lipinski definition) is 1. The molecule has 0 bridgehead atoms. The monoisotopic (exact) mass is 368 g/mol. The summed E-state index contributed by atoms with van der Waals surface area (Å²) >= 11 is 0. The van der Waals surface area contributed by atoms with Gasteiger partial charge in [0.15, 0.2) is 6.61 Å². The smallest absolute Gasteiger partial charge is 0.258 e. The molecule has 2 aromatic rings. The fraction of sp³-hybridized carbons (Fsp3) is 0.333. The van der Waals surface area contributed by atoms with Crippen LogP contribution < -0.4 is 19.7 Å². The number of amides is 2. The van der Waals surface area contributed by atoms with E-state index >= 15 is 0 Å². The van der Waals surface area contributed by atoms with Crippen LogP contribution in [-0.2, 0) is 16.1 Å². The third kappa shape index (κ3) is 5.23. The SMILES string of the molecule is CCOc1ccc(OCC(=O)NCc2ccc(N3CCCC3=O)cc2)cc1. The molecule has 2 aromatic carbocycles. The first-order chi connectivity index (χ1) is 13.2. The molecule has 2 amide bonds. The molecule has 0 saturated carbocycles. The summed E-state index contributed by atoms with van der Waals surface area (Å²) in [6.45, 7) is 3.68. The maximum atomic E-state index is 12.0. The van der Waals surface area contributed by atoms with Crippen molar-refractivity contribution in [1.82, 2.24) is 5.32 Å². The summed E-state index contributed by atoms with van der Waals surface area (Å²) in [6.07, 6.45) is 1.52. The van der Waals surface area contributed by atoms with Crippen molar-refractivity contribution < 1.29 is 19.1 Å². The molecule has 0 unspecified atom stereocenters. The van der Waals surface area contributed by atoms with E-state index in [2.05, 4.69) is 5.32 Å². The largest absolute Gasteiger partial charge is 0.494 e. The molecule has 3 rings (SSSR count). The summed E-state index contributed by atoms with van der Waals surface area (Å²) in [5, 5.41) is 2.83. The second-order valence-electron chi connectivity index (χ2n) is 6.29. The van der Waals surface area contributed by atoms with Gasteiger partial charge >= 0.3 is 0 Å². The fourth-order valence-corrected chi connectivity index (χ4v) is 2.91. The molecule has 0 radical (unpaired) electrons. The summed E-state index contributed by atoms with van der Waals surface area (Å²) < 4.78 is 10.8. The van der Waals surface area contributed by atoms with Gasteiger partial charge in [0.25, 0.3) is 5.91 Å². The summed E-state index contributed by atoms with van der Waals surface area (Å²) in [7, 11) is 0. The topological polar surface area (TPSA) is 67.9 Å². The van der Waals surface area contributed by atoms with Crippen LogP contribution in [0.1, 0.15) is 25.3 Å². The van der Waals surface area contributed by atoms with Gasteiger partial charge in [0.2, 0.25) is 5.91 Å². The Morgan fingerprint density at radius 3 is 2.30 bits per heavy atom. The highest BCUT2D eigenvalue weighted by Gasteiger charge is 2.21. The van der Waals surface area contributed by atoms with Crippen molar-refractivity contribution in [3.8, 4) is 11.5 Å². The van der Waals surface area contributed by atoms with Crippen molar-refractivity contribution in [2.24, 2.45) is 0 Å². The van der Waals surface area contributed by atoms with Crippen LogP contribution in [0.3, 0.4) is 0 Å². The van der Waals surface area contributed by atoms with Gasteiger partial charge in [0, 0.05) is 25.2 Å². The summed E-state index contributed by atoms with van der Waals surface area (Å²) in [5.41, 5.74) is 1.88. The lowest BCUT2D eigenvalue weighted by molar-refractivity contribution is -0.123. The van der Waals surface area contributed by atoms with E-state index in [1.165, 1.54) is 0 Å². The number of rotatable bonds is 8. The lowest BCUT2D eigenvalue weighted by Gasteiger charge is -2.16. The van der Waals surface area contributed by atoms with Gasteiger partial charge in [-0.1, -0.05) is 12.1 Å². The Balaban J connectivity index is 1.42. The third-order valence-electron chi connectivity index (χ3n) is 4.32. The van der Waals surface area contributed by atoms with Gasteiger partial charge in [-0.05, 0) is 55.3 Å². The van der Waals surface area contributed by atoms with E-state index in [1.807, 2.05) is 43.3 Å². The second kappa shape index (κ2) is 9.07. The molecule has 0 aliphatic carbocycles. The average molecular weight is 368 g/mol. The molecule has 142 valence electrons. The highest BCUT2D eigenvalue weighted by Crippen LogP contribution is 2.21. The molecule has 1 saturated heterocycles. The third-order valence-corrected chi connectivity index (χ3v) is 4.32. The van der Waals surface area contributed by atoms with Crippen LogP contribution in [0.15, 0.2) is 48.5 Å². The van der Waals surface area contributed by atoms with Crippen LogP contribution in [0.25, 0.3) is 0 Å². The second-order valence-corrected chi connectivity index (χ2v) is 6.29. The summed E-state index contributed by atoms with van der Waals surface area (Å²) in [6, 6.07) is 14.9. The zero-order valence-corrected chi connectivity index (χ0v) is 15.4. The molecule has 1 aliphatic heterocycles. The van der Waals surface area contributed by atoms with Crippen molar-refractivity contribution in [2.45, 2.75) is 26.3 Å². The first kappa shape index (κ1) is 18.8. The molecule has 1 fully saturated rings. The minimum absolute atomic E-state index is 0.0473. The Bertz CT molecular complexity index is 772. The van der Waals surface area contributed by atoms with E-state index in [0.717, 1.165) is 30.0 Å². The van der Waals surface area contributed by atoms with E-state index in [0.29, 0.717) is 25.3 Å². The van der Waals surface area contributed by atoms with Crippen LogP contribution in [-0.4, -0.2) is 31.6 Å². The summed E-state index contributed by atoms with van der Waals surface area (Å²) in [4.78, 5) is 25.5. The van der Waals surface area contributed by atoms with Gasteiger partial charge in [-0.25, -0.2) is 0 Å². The van der Waals surface area contributed by atoms with Gasteiger partial charge < -0.3 is 19.7 Å². The maximum Gasteiger partial charge on any atom is 0.258 e. The van der Waals surface area contributed by atoms with Crippen molar-refractivity contribution in [3.63, 3.8) is 0 Å². The Kier molecular flexibility index (Phi) is 6.30. The summed E-state index contributed by atoms with van der Waals surface area (Å²) in [5.74, 6) is 1.37. The Morgan fingerprint density at radius 2 is 1.70 bits per heavy atom. The zero-order valence-electron chi connectivity index (χ0n) is 15.4. The number of benzene rings is 2. The standard InChI is InChI=1S/C21H24N2O4/c1-2-26-18-9-11-19(12-10-18)27-15-20(24)22-14-16-5-7-17(8-6-16)23-13-3-4-21(23)25/h5-12H,2-4,13-15H2,1H3,(H,22,24). The first-order valence-corrected chi connectivity index (χ1v) is 9.17. The Labute approximate surface area is 159 Å². The lowest BCUT2D eigenvalue weighted by atomic mass is 10.2. The van der Waals surface area contributed by atoms with E-state index in [-0.39, 0.29) is 18.4 Å². The number of ether oxygens (including phenoxy) is 2. The molecule has 1 aliphatic rings. The first-order valence-electron chi connectivity index (χ1n) is 9.17. The number of carbonyl (C=O) groups is 2. The number of carbonyl (C=O) groups excluding carboxylic acids is 2. The van der Waals surface area contributed by atoms with E-state index in [1.54, 1.807) is 17.0 Å². The normalized spacial score (nSPS) is 13.5. The van der Waals surface area contributed by atoms with Crippen LogP contribution >= 0.6 is 0 Å². The quantitative estimate of drug-likeness (QED) is 0.778. The molecule has 6 nitrogen and oxygen atoms in total. The molecule has 1 N–H and O–H groups in total. The Morgan fingerprint density at radius 1 is 1.04 bits per heavy atom. The molecule has 0 spiro atoms. The average Bonchev–Trinajstić information content (AvgIpc) is 3.12.